The molecule has 0 bridgehead atoms. The molecular weight excluding hydrogens is 194 g/mol. The van der Waals surface area contributed by atoms with Gasteiger partial charge in [0.2, 0.25) is 5.91 Å². The SMILES string of the molecule is Cn1ccnc1CN1CCC(=O)CC1=O. The Morgan fingerprint density at radius 1 is 1.47 bits per heavy atom. The van der Waals surface area contributed by atoms with E-state index in [0.717, 1.165) is 5.82 Å². The summed E-state index contributed by atoms with van der Waals surface area (Å²) >= 11 is 0. The van der Waals surface area contributed by atoms with Gasteiger partial charge in [-0.2, -0.15) is 0 Å². The zero-order chi connectivity index (χ0) is 10.8. The van der Waals surface area contributed by atoms with Crippen molar-refractivity contribution in [2.45, 2.75) is 19.4 Å². The second-order valence-corrected chi connectivity index (χ2v) is 3.74. The molecule has 1 aromatic heterocycles. The normalized spacial score (nSPS) is 17.3. The maximum absolute atomic E-state index is 11.5. The number of aryl methyl sites for hydroxylation is 1. The first-order valence-electron chi connectivity index (χ1n) is 4.92. The van der Waals surface area contributed by atoms with Gasteiger partial charge in [0.05, 0.1) is 13.0 Å². The molecule has 1 amide bonds. The molecule has 5 heteroatoms. The number of aromatic nitrogens is 2. The zero-order valence-electron chi connectivity index (χ0n) is 8.64. The highest BCUT2D eigenvalue weighted by Crippen LogP contribution is 2.10. The minimum Gasteiger partial charge on any atom is -0.337 e. The number of carbonyl (C=O) groups excluding carboxylic acids is 2. The number of likely N-dealkylation sites (tertiary alicyclic amines) is 1. The first-order valence-corrected chi connectivity index (χ1v) is 4.92. The highest BCUT2D eigenvalue weighted by Gasteiger charge is 2.24. The van der Waals surface area contributed by atoms with E-state index >= 15 is 0 Å². The third kappa shape index (κ3) is 2.06. The van der Waals surface area contributed by atoms with Crippen LogP contribution in [0.4, 0.5) is 0 Å². The molecule has 1 aliphatic rings. The molecule has 0 N–H and O–H groups in total. The number of Topliss-reactive ketones (excluding diaryl/α,β-unsaturated/α-hetero) is 1. The number of hydrogen-bond donors (Lipinski definition) is 0. The molecule has 0 saturated carbocycles. The predicted octanol–water partition coefficient (Wildman–Crippen LogP) is 0.112. The van der Waals surface area contributed by atoms with E-state index in [1.54, 1.807) is 11.1 Å². The van der Waals surface area contributed by atoms with Crippen molar-refractivity contribution >= 4 is 11.7 Å². The summed E-state index contributed by atoms with van der Waals surface area (Å²) in [7, 11) is 1.89. The van der Waals surface area contributed by atoms with Crippen molar-refractivity contribution in [3.05, 3.63) is 18.2 Å². The lowest BCUT2D eigenvalue weighted by atomic mass is 10.1. The van der Waals surface area contributed by atoms with E-state index in [0.29, 0.717) is 19.5 Å². The van der Waals surface area contributed by atoms with Crippen LogP contribution in [0.25, 0.3) is 0 Å². The Labute approximate surface area is 87.7 Å². The molecule has 0 radical (unpaired) electrons. The minimum absolute atomic E-state index is 0.0380. The second kappa shape index (κ2) is 3.84. The maximum Gasteiger partial charge on any atom is 0.230 e. The molecule has 80 valence electrons. The first kappa shape index (κ1) is 9.89. The number of ketones is 1. The standard InChI is InChI=1S/C10H13N3O2/c1-12-5-3-11-9(12)7-13-4-2-8(14)6-10(13)15/h3,5H,2,4,6-7H2,1H3. The van der Waals surface area contributed by atoms with Gasteiger partial charge < -0.3 is 9.47 Å². The van der Waals surface area contributed by atoms with Crippen molar-refractivity contribution < 1.29 is 9.59 Å². The van der Waals surface area contributed by atoms with Gasteiger partial charge in [-0.1, -0.05) is 0 Å². The smallest absolute Gasteiger partial charge is 0.230 e. The van der Waals surface area contributed by atoms with Crippen LogP contribution in [-0.4, -0.2) is 32.7 Å². The quantitative estimate of drug-likeness (QED) is 0.647. The minimum atomic E-state index is -0.0887. The topological polar surface area (TPSA) is 55.2 Å². The van der Waals surface area contributed by atoms with Crippen molar-refractivity contribution in [3.8, 4) is 0 Å². The molecule has 2 heterocycles. The third-order valence-electron chi connectivity index (χ3n) is 2.61. The number of hydrogen-bond acceptors (Lipinski definition) is 3. The number of imidazole rings is 1. The van der Waals surface area contributed by atoms with Crippen LogP contribution in [0.15, 0.2) is 12.4 Å². The Bertz CT molecular complexity index is 397. The number of nitrogens with zero attached hydrogens (tertiary/aromatic N) is 3. The molecule has 1 fully saturated rings. The molecule has 0 aromatic carbocycles. The van der Waals surface area contributed by atoms with E-state index < -0.39 is 0 Å². The van der Waals surface area contributed by atoms with E-state index in [1.165, 1.54) is 0 Å². The summed E-state index contributed by atoms with van der Waals surface area (Å²) in [5.74, 6) is 0.794. The number of amides is 1. The lowest BCUT2D eigenvalue weighted by Crippen LogP contribution is -2.38. The van der Waals surface area contributed by atoms with Crippen LogP contribution in [0, 0.1) is 0 Å². The van der Waals surface area contributed by atoms with Gasteiger partial charge in [-0.05, 0) is 0 Å². The average molecular weight is 207 g/mol. The van der Waals surface area contributed by atoms with Gasteiger partial charge in [0.15, 0.2) is 0 Å². The first-order chi connectivity index (χ1) is 7.16. The van der Waals surface area contributed by atoms with Gasteiger partial charge in [0, 0.05) is 32.4 Å². The van der Waals surface area contributed by atoms with Crippen LogP contribution in [-0.2, 0) is 23.2 Å². The molecule has 5 nitrogen and oxygen atoms in total. The lowest BCUT2D eigenvalue weighted by Gasteiger charge is -2.25. The lowest BCUT2D eigenvalue weighted by molar-refractivity contribution is -0.140. The largest absolute Gasteiger partial charge is 0.337 e. The van der Waals surface area contributed by atoms with E-state index in [-0.39, 0.29) is 18.1 Å². The fourth-order valence-electron chi connectivity index (χ4n) is 1.64. The van der Waals surface area contributed by atoms with Crippen LogP contribution in [0.1, 0.15) is 18.7 Å². The zero-order valence-corrected chi connectivity index (χ0v) is 8.64. The Morgan fingerprint density at radius 2 is 2.27 bits per heavy atom. The summed E-state index contributed by atoms with van der Waals surface area (Å²) in [6.45, 7) is 1.01. The van der Waals surface area contributed by atoms with E-state index in [1.807, 2.05) is 17.8 Å². The van der Waals surface area contributed by atoms with Crippen molar-refractivity contribution in [3.63, 3.8) is 0 Å². The van der Waals surface area contributed by atoms with Crippen molar-refractivity contribution in [2.24, 2.45) is 7.05 Å². The van der Waals surface area contributed by atoms with Crippen LogP contribution < -0.4 is 0 Å². The molecule has 0 unspecified atom stereocenters. The van der Waals surface area contributed by atoms with Crippen LogP contribution in [0.3, 0.4) is 0 Å². The van der Waals surface area contributed by atoms with Crippen LogP contribution in [0.5, 0.6) is 0 Å². The maximum atomic E-state index is 11.5. The summed E-state index contributed by atoms with van der Waals surface area (Å²) in [5.41, 5.74) is 0. The summed E-state index contributed by atoms with van der Waals surface area (Å²) in [6, 6.07) is 0. The molecule has 2 rings (SSSR count). The Balaban J connectivity index is 2.04. The third-order valence-corrected chi connectivity index (χ3v) is 2.61. The molecule has 1 saturated heterocycles. The van der Waals surface area contributed by atoms with Crippen molar-refractivity contribution in [2.75, 3.05) is 6.54 Å². The number of rotatable bonds is 2. The van der Waals surface area contributed by atoms with Gasteiger partial charge in [-0.3, -0.25) is 9.59 Å². The molecule has 0 atom stereocenters. The molecule has 15 heavy (non-hydrogen) atoms. The highest BCUT2D eigenvalue weighted by atomic mass is 16.2. The Morgan fingerprint density at radius 3 is 2.87 bits per heavy atom. The van der Waals surface area contributed by atoms with Gasteiger partial charge >= 0.3 is 0 Å². The number of piperidine rings is 1. The molecular formula is C10H13N3O2. The summed E-state index contributed by atoms with van der Waals surface area (Å²) < 4.78 is 1.88. The van der Waals surface area contributed by atoms with Gasteiger partial charge in [0.1, 0.15) is 11.6 Å². The predicted molar refractivity (Wildman–Crippen MR) is 52.9 cm³/mol. The van der Waals surface area contributed by atoms with Gasteiger partial charge in [0.25, 0.3) is 0 Å². The molecule has 1 aliphatic heterocycles. The molecule has 1 aromatic rings. The Kier molecular flexibility index (Phi) is 2.53. The summed E-state index contributed by atoms with van der Waals surface area (Å²) in [5, 5.41) is 0. The van der Waals surface area contributed by atoms with Gasteiger partial charge in [-0.15, -0.1) is 0 Å². The number of carbonyl (C=O) groups is 2. The van der Waals surface area contributed by atoms with E-state index in [2.05, 4.69) is 4.98 Å². The Hall–Kier alpha value is -1.65. The van der Waals surface area contributed by atoms with E-state index in [9.17, 15) is 9.59 Å². The van der Waals surface area contributed by atoms with Crippen LogP contribution >= 0.6 is 0 Å². The van der Waals surface area contributed by atoms with E-state index in [4.69, 9.17) is 0 Å². The molecule has 0 spiro atoms. The van der Waals surface area contributed by atoms with Crippen molar-refractivity contribution in [1.29, 1.82) is 0 Å². The highest BCUT2D eigenvalue weighted by molar-refractivity contribution is 6.00. The van der Waals surface area contributed by atoms with Gasteiger partial charge in [-0.25, -0.2) is 4.98 Å². The summed E-state index contributed by atoms with van der Waals surface area (Å²) in [4.78, 5) is 28.4. The monoisotopic (exact) mass is 207 g/mol. The molecule has 0 aliphatic carbocycles. The second-order valence-electron chi connectivity index (χ2n) is 3.74. The fraction of sp³-hybridized carbons (Fsp3) is 0.500. The fourth-order valence-corrected chi connectivity index (χ4v) is 1.64. The van der Waals surface area contributed by atoms with Crippen LogP contribution in [0.2, 0.25) is 0 Å². The summed E-state index contributed by atoms with van der Waals surface area (Å²) in [6.07, 6.45) is 4.06. The van der Waals surface area contributed by atoms with Crippen molar-refractivity contribution in [1.82, 2.24) is 14.5 Å². The average Bonchev–Trinajstić information content (AvgIpc) is 2.57.